The van der Waals surface area contributed by atoms with Crippen LogP contribution < -0.4 is 4.84 Å². The van der Waals surface area contributed by atoms with Gasteiger partial charge in [-0.25, -0.2) is 4.84 Å². The van der Waals surface area contributed by atoms with E-state index < -0.39 is 0 Å². The Morgan fingerprint density at radius 1 is 1.60 bits per heavy atom. The molecule has 0 saturated heterocycles. The monoisotopic (exact) mass is 161 g/mol. The quantitative estimate of drug-likeness (QED) is 0.622. The third-order valence-electron chi connectivity index (χ3n) is 2.16. The molecule has 1 rings (SSSR count). The summed E-state index contributed by atoms with van der Waals surface area (Å²) in [6.07, 6.45) is 2.95. The largest absolute Gasteiger partial charge is 0.300 e. The van der Waals surface area contributed by atoms with Crippen LogP contribution in [0.3, 0.4) is 0 Å². The molecule has 0 amide bonds. The third-order valence-corrected chi connectivity index (χ3v) is 2.47. The Bertz CT molecular complexity index is 138. The first-order chi connectivity index (χ1) is 4.74. The lowest BCUT2D eigenvalue weighted by Crippen LogP contribution is -2.17. The van der Waals surface area contributed by atoms with Crippen molar-refractivity contribution in [2.24, 2.45) is 5.92 Å². The van der Waals surface area contributed by atoms with E-state index in [-0.39, 0.29) is 5.92 Å². The fourth-order valence-electron chi connectivity index (χ4n) is 1.45. The van der Waals surface area contributed by atoms with E-state index in [1.807, 2.05) is 0 Å². The van der Waals surface area contributed by atoms with Gasteiger partial charge in [-0.2, -0.15) is 0 Å². The van der Waals surface area contributed by atoms with Crippen LogP contribution in [0.4, 0.5) is 0 Å². The van der Waals surface area contributed by atoms with E-state index >= 15 is 0 Å². The first kappa shape index (κ1) is 8.02. The lowest BCUT2D eigenvalue weighted by atomic mass is 10.0. The van der Waals surface area contributed by atoms with Gasteiger partial charge in [-0.1, -0.05) is 0 Å². The van der Waals surface area contributed by atoms with Crippen LogP contribution >= 0.6 is 11.8 Å². The van der Waals surface area contributed by atoms with Crippen molar-refractivity contribution in [1.29, 1.82) is 0 Å². The molecule has 1 fully saturated rings. The molecule has 0 bridgehead atoms. The van der Waals surface area contributed by atoms with Gasteiger partial charge in [0.2, 0.25) is 0 Å². The molecule has 58 valence electrons. The highest BCUT2D eigenvalue weighted by Gasteiger charge is 2.26. The van der Waals surface area contributed by atoms with Crippen LogP contribution in [0.15, 0.2) is 0 Å². The Hall–Kier alpha value is -0.0800. The van der Waals surface area contributed by atoms with Gasteiger partial charge in [0.15, 0.2) is 0 Å². The van der Waals surface area contributed by atoms with Crippen LogP contribution in [0, 0.1) is 5.92 Å². The predicted molar refractivity (Wildman–Crippen MR) is 40.8 cm³/mol. The molecule has 0 radical (unpaired) electrons. The summed E-state index contributed by atoms with van der Waals surface area (Å²) in [6, 6.07) is 0.357. The summed E-state index contributed by atoms with van der Waals surface area (Å²) in [5.74, 6) is 0.561. The number of ketones is 1. The van der Waals surface area contributed by atoms with Crippen LogP contribution in [0.5, 0.6) is 0 Å². The Labute approximate surface area is 66.0 Å². The van der Waals surface area contributed by atoms with Gasteiger partial charge in [-0.3, -0.25) is 4.79 Å². The lowest BCUT2D eigenvalue weighted by Gasteiger charge is -2.04. The fraction of sp³-hybridized carbons (Fsp3) is 0.857. The molecule has 10 heavy (non-hydrogen) atoms. The summed E-state index contributed by atoms with van der Waals surface area (Å²) in [6.45, 7) is 1.65. The molecular weight excluding hydrogens is 150 g/mol. The second-order valence-corrected chi connectivity index (χ2v) is 3.14. The van der Waals surface area contributed by atoms with E-state index in [0.29, 0.717) is 11.8 Å². The number of Topliss-reactive ketones (excluding diaryl/α,β-unsaturated/α-hetero) is 1. The molecule has 0 aromatic heterocycles. The van der Waals surface area contributed by atoms with E-state index in [4.69, 9.17) is 11.8 Å². The van der Waals surface area contributed by atoms with Gasteiger partial charge >= 0.3 is 0 Å². The van der Waals surface area contributed by atoms with Crippen molar-refractivity contribution < 1.29 is 4.79 Å². The number of hydrogen-bond donors (Lipinski definition) is 1. The van der Waals surface area contributed by atoms with E-state index in [1.165, 1.54) is 0 Å². The maximum absolute atomic E-state index is 10.8. The van der Waals surface area contributed by atoms with Crippen molar-refractivity contribution in [2.75, 3.05) is 0 Å². The molecule has 0 unspecified atom stereocenters. The number of nitrogens with one attached hydrogen (secondary N) is 1. The highest BCUT2D eigenvalue weighted by molar-refractivity contribution is 6.13. The SMILES string of the molecule is CC(=O)[C@H]1CC[C@H](NCl)C1. The Morgan fingerprint density at radius 2 is 2.30 bits per heavy atom. The van der Waals surface area contributed by atoms with Crippen LogP contribution in [-0.4, -0.2) is 11.8 Å². The first-order valence-corrected chi connectivity index (χ1v) is 3.98. The zero-order valence-corrected chi connectivity index (χ0v) is 6.82. The molecule has 1 aliphatic carbocycles. The molecule has 1 saturated carbocycles. The maximum Gasteiger partial charge on any atom is 0.132 e. The fourth-order valence-corrected chi connectivity index (χ4v) is 1.65. The Balaban J connectivity index is 2.35. The summed E-state index contributed by atoms with van der Waals surface area (Å²) in [7, 11) is 0. The van der Waals surface area contributed by atoms with Crippen LogP contribution in [0.1, 0.15) is 26.2 Å². The number of carbonyl (C=O) groups excluding carboxylic acids is 1. The number of halogens is 1. The van der Waals surface area contributed by atoms with E-state index in [9.17, 15) is 4.79 Å². The number of rotatable bonds is 2. The van der Waals surface area contributed by atoms with Gasteiger partial charge in [0.05, 0.1) is 0 Å². The molecule has 2 atom stereocenters. The minimum Gasteiger partial charge on any atom is -0.300 e. The molecule has 0 aromatic carbocycles. The molecule has 0 aliphatic heterocycles. The predicted octanol–water partition coefficient (Wildman–Crippen LogP) is 1.49. The van der Waals surface area contributed by atoms with Gasteiger partial charge in [-0.05, 0) is 38.0 Å². The van der Waals surface area contributed by atoms with Crippen molar-refractivity contribution in [2.45, 2.75) is 32.2 Å². The van der Waals surface area contributed by atoms with Gasteiger partial charge < -0.3 is 0 Å². The second kappa shape index (κ2) is 3.35. The van der Waals surface area contributed by atoms with Gasteiger partial charge in [0, 0.05) is 12.0 Å². The third kappa shape index (κ3) is 1.70. The first-order valence-electron chi connectivity index (χ1n) is 3.60. The highest BCUT2D eigenvalue weighted by atomic mass is 35.5. The van der Waals surface area contributed by atoms with Crippen molar-refractivity contribution >= 4 is 17.6 Å². The Morgan fingerprint density at radius 3 is 2.60 bits per heavy atom. The van der Waals surface area contributed by atoms with Crippen molar-refractivity contribution in [1.82, 2.24) is 4.84 Å². The molecule has 0 spiro atoms. The maximum atomic E-state index is 10.8. The summed E-state index contributed by atoms with van der Waals surface area (Å²) in [5.41, 5.74) is 0. The summed E-state index contributed by atoms with van der Waals surface area (Å²) < 4.78 is 0. The van der Waals surface area contributed by atoms with E-state index in [1.54, 1.807) is 6.92 Å². The molecule has 1 aliphatic rings. The second-order valence-electron chi connectivity index (χ2n) is 2.93. The van der Waals surface area contributed by atoms with E-state index in [0.717, 1.165) is 19.3 Å². The molecule has 0 heterocycles. The van der Waals surface area contributed by atoms with Crippen molar-refractivity contribution in [3.8, 4) is 0 Å². The summed E-state index contributed by atoms with van der Waals surface area (Å²) in [4.78, 5) is 13.5. The van der Waals surface area contributed by atoms with E-state index in [2.05, 4.69) is 4.84 Å². The average molecular weight is 162 g/mol. The molecule has 0 aromatic rings. The van der Waals surface area contributed by atoms with Gasteiger partial charge in [0.1, 0.15) is 5.78 Å². The van der Waals surface area contributed by atoms with Gasteiger partial charge in [0.25, 0.3) is 0 Å². The minimum atomic E-state index is 0.260. The molecular formula is C7H12ClNO. The van der Waals surface area contributed by atoms with Crippen LogP contribution in [0.2, 0.25) is 0 Å². The summed E-state index contributed by atoms with van der Waals surface area (Å²) >= 11 is 5.42. The summed E-state index contributed by atoms with van der Waals surface area (Å²) in [5, 5.41) is 0. The number of hydrogen-bond acceptors (Lipinski definition) is 2. The van der Waals surface area contributed by atoms with Crippen LogP contribution in [0.25, 0.3) is 0 Å². The molecule has 3 heteroatoms. The lowest BCUT2D eigenvalue weighted by molar-refractivity contribution is -0.120. The normalized spacial score (nSPS) is 32.6. The van der Waals surface area contributed by atoms with Gasteiger partial charge in [-0.15, -0.1) is 0 Å². The number of carbonyl (C=O) groups is 1. The topological polar surface area (TPSA) is 29.1 Å². The standard InChI is InChI=1S/C7H12ClNO/c1-5(10)6-2-3-7(4-6)9-8/h6-7,9H,2-4H2,1H3/t6-,7-/m0/s1. The van der Waals surface area contributed by atoms with Crippen LogP contribution in [-0.2, 0) is 4.79 Å². The average Bonchev–Trinajstić information content (AvgIpc) is 2.34. The molecule has 2 nitrogen and oxygen atoms in total. The zero-order chi connectivity index (χ0) is 7.56. The van der Waals surface area contributed by atoms with Crippen molar-refractivity contribution in [3.63, 3.8) is 0 Å². The smallest absolute Gasteiger partial charge is 0.132 e. The minimum absolute atomic E-state index is 0.260. The highest BCUT2D eigenvalue weighted by Crippen LogP contribution is 2.26. The molecule has 1 N–H and O–H groups in total. The van der Waals surface area contributed by atoms with Crippen molar-refractivity contribution in [3.05, 3.63) is 0 Å². The Kier molecular flexibility index (Phi) is 2.69. The zero-order valence-electron chi connectivity index (χ0n) is 6.06.